The van der Waals surface area contributed by atoms with Gasteiger partial charge in [0.2, 0.25) is 0 Å². The summed E-state index contributed by atoms with van der Waals surface area (Å²) in [6, 6.07) is 8.37. The number of esters is 1. The highest BCUT2D eigenvalue weighted by Gasteiger charge is 2.38. The number of nitrogens with one attached hydrogen (secondary N) is 1. The van der Waals surface area contributed by atoms with Gasteiger partial charge in [0.05, 0.1) is 5.41 Å². The average molecular weight is 273 g/mol. The first-order valence-corrected chi connectivity index (χ1v) is 7.69. The van der Waals surface area contributed by atoms with Crippen LogP contribution in [0, 0.1) is 5.41 Å². The maximum Gasteiger partial charge on any atom is 0.312 e. The fourth-order valence-corrected chi connectivity index (χ4v) is 3.29. The van der Waals surface area contributed by atoms with Crippen LogP contribution in [0.15, 0.2) is 24.3 Å². The number of ether oxygens (including phenoxy) is 1. The van der Waals surface area contributed by atoms with Crippen molar-refractivity contribution in [3.8, 4) is 0 Å². The molecule has 1 aromatic carbocycles. The zero-order valence-corrected chi connectivity index (χ0v) is 12.2. The molecule has 1 saturated heterocycles. The van der Waals surface area contributed by atoms with E-state index in [9.17, 15) is 4.79 Å². The second-order valence-corrected chi connectivity index (χ2v) is 6.30. The van der Waals surface area contributed by atoms with E-state index < -0.39 is 0 Å². The summed E-state index contributed by atoms with van der Waals surface area (Å²) in [6.07, 6.45) is 4.87. The quantitative estimate of drug-likeness (QED) is 0.842. The van der Waals surface area contributed by atoms with E-state index in [1.165, 1.54) is 11.1 Å². The van der Waals surface area contributed by atoms with Crippen molar-refractivity contribution in [1.82, 2.24) is 5.32 Å². The Balaban J connectivity index is 1.74. The van der Waals surface area contributed by atoms with Crippen LogP contribution in [-0.4, -0.2) is 19.1 Å². The van der Waals surface area contributed by atoms with Crippen LogP contribution in [0.25, 0.3) is 0 Å². The van der Waals surface area contributed by atoms with Crippen molar-refractivity contribution in [2.24, 2.45) is 5.41 Å². The van der Waals surface area contributed by atoms with Crippen LogP contribution in [0.3, 0.4) is 0 Å². The van der Waals surface area contributed by atoms with Crippen LogP contribution in [0.5, 0.6) is 0 Å². The minimum Gasteiger partial charge on any atom is -0.457 e. The van der Waals surface area contributed by atoms with Crippen molar-refractivity contribution in [1.29, 1.82) is 0 Å². The van der Waals surface area contributed by atoms with Gasteiger partial charge in [0.25, 0.3) is 0 Å². The molecule has 1 aliphatic carbocycles. The summed E-state index contributed by atoms with van der Waals surface area (Å²) < 4.78 is 5.89. The minimum absolute atomic E-state index is 0.0132. The first-order valence-electron chi connectivity index (χ1n) is 7.69. The number of carbonyl (C=O) groups is 1. The molecule has 108 valence electrons. The van der Waals surface area contributed by atoms with E-state index in [1.54, 1.807) is 0 Å². The number of rotatable bonds is 2. The molecule has 3 nitrogen and oxygen atoms in total. The molecule has 0 saturated carbocycles. The first kappa shape index (κ1) is 13.6. The van der Waals surface area contributed by atoms with Gasteiger partial charge < -0.3 is 10.1 Å². The van der Waals surface area contributed by atoms with Gasteiger partial charge in [-0.25, -0.2) is 0 Å². The summed E-state index contributed by atoms with van der Waals surface area (Å²) in [7, 11) is 0. The zero-order valence-electron chi connectivity index (χ0n) is 12.2. The Hall–Kier alpha value is -1.35. The van der Waals surface area contributed by atoms with Gasteiger partial charge in [-0.3, -0.25) is 4.79 Å². The number of benzene rings is 1. The van der Waals surface area contributed by atoms with E-state index in [2.05, 4.69) is 23.5 Å². The Kier molecular flexibility index (Phi) is 3.79. The Morgan fingerprint density at radius 1 is 1.30 bits per heavy atom. The summed E-state index contributed by atoms with van der Waals surface area (Å²) in [5, 5.41) is 3.31. The van der Waals surface area contributed by atoms with E-state index in [-0.39, 0.29) is 17.5 Å². The fourth-order valence-electron chi connectivity index (χ4n) is 3.29. The lowest BCUT2D eigenvalue weighted by atomic mass is 9.81. The Labute approximate surface area is 120 Å². The van der Waals surface area contributed by atoms with Gasteiger partial charge in [-0.15, -0.1) is 0 Å². The minimum atomic E-state index is -0.308. The van der Waals surface area contributed by atoms with Crippen molar-refractivity contribution >= 4 is 5.97 Å². The second kappa shape index (κ2) is 5.57. The predicted octanol–water partition coefficient (Wildman–Crippen LogP) is 3.00. The lowest BCUT2D eigenvalue weighted by Crippen LogP contribution is -2.41. The number of hydrogen-bond acceptors (Lipinski definition) is 3. The monoisotopic (exact) mass is 273 g/mol. The van der Waals surface area contributed by atoms with Gasteiger partial charge in [0.1, 0.15) is 6.10 Å². The van der Waals surface area contributed by atoms with Crippen LogP contribution in [-0.2, 0) is 16.0 Å². The standard InChI is InChI=1S/C17H23NO2/c1-17(9-11-18-12-10-17)16(19)20-15-8-4-6-13-5-2-3-7-14(13)15/h2-3,5,7,15,18H,4,6,8-12H2,1H3. The molecule has 0 bridgehead atoms. The number of hydrogen-bond donors (Lipinski definition) is 1. The molecule has 1 aliphatic heterocycles. The van der Waals surface area contributed by atoms with E-state index in [1.807, 2.05) is 13.0 Å². The van der Waals surface area contributed by atoms with Crippen LogP contribution >= 0.6 is 0 Å². The van der Waals surface area contributed by atoms with Gasteiger partial charge in [-0.05, 0) is 63.2 Å². The maximum absolute atomic E-state index is 12.5. The average Bonchev–Trinajstić information content (AvgIpc) is 2.48. The third-order valence-electron chi connectivity index (χ3n) is 4.76. The highest BCUT2D eigenvalue weighted by molar-refractivity contribution is 5.77. The van der Waals surface area contributed by atoms with E-state index >= 15 is 0 Å². The van der Waals surface area contributed by atoms with Crippen LogP contribution in [0.4, 0.5) is 0 Å². The normalized spacial score (nSPS) is 24.8. The molecule has 1 N–H and O–H groups in total. The van der Waals surface area contributed by atoms with Crippen molar-refractivity contribution in [2.75, 3.05) is 13.1 Å². The van der Waals surface area contributed by atoms with Gasteiger partial charge >= 0.3 is 5.97 Å². The lowest BCUT2D eigenvalue weighted by molar-refractivity contribution is -0.163. The van der Waals surface area contributed by atoms with Crippen molar-refractivity contribution in [3.05, 3.63) is 35.4 Å². The number of fused-ring (bicyclic) bond motifs is 1. The Bertz CT molecular complexity index is 492. The molecule has 3 rings (SSSR count). The van der Waals surface area contributed by atoms with Gasteiger partial charge in [0, 0.05) is 0 Å². The summed E-state index contributed by atoms with van der Waals surface area (Å²) in [5.74, 6) is -0.0132. The molecule has 0 aromatic heterocycles. The fraction of sp³-hybridized carbons (Fsp3) is 0.588. The Morgan fingerprint density at radius 3 is 2.85 bits per heavy atom. The maximum atomic E-state index is 12.5. The molecule has 2 aliphatic rings. The SMILES string of the molecule is CC1(C(=O)OC2CCCc3ccccc32)CCNCC1. The molecule has 1 fully saturated rings. The Morgan fingerprint density at radius 2 is 2.05 bits per heavy atom. The lowest BCUT2D eigenvalue weighted by Gasteiger charge is -2.34. The van der Waals surface area contributed by atoms with Gasteiger partial charge in [-0.1, -0.05) is 24.3 Å². The molecule has 1 heterocycles. The largest absolute Gasteiger partial charge is 0.457 e. The third-order valence-corrected chi connectivity index (χ3v) is 4.76. The van der Waals surface area contributed by atoms with Crippen molar-refractivity contribution in [2.45, 2.75) is 45.1 Å². The molecule has 0 radical (unpaired) electrons. The van der Waals surface area contributed by atoms with Crippen LogP contribution in [0.2, 0.25) is 0 Å². The number of carbonyl (C=O) groups excluding carboxylic acids is 1. The molecule has 3 heteroatoms. The molecule has 0 spiro atoms. The summed E-state index contributed by atoms with van der Waals surface area (Å²) in [6.45, 7) is 3.87. The molecule has 1 atom stereocenters. The van der Waals surface area contributed by atoms with Gasteiger partial charge in [-0.2, -0.15) is 0 Å². The molecular formula is C17H23NO2. The molecule has 1 aromatic rings. The predicted molar refractivity (Wildman–Crippen MR) is 78.4 cm³/mol. The van der Waals surface area contributed by atoms with E-state index in [0.717, 1.165) is 45.2 Å². The smallest absolute Gasteiger partial charge is 0.312 e. The van der Waals surface area contributed by atoms with E-state index in [0.29, 0.717) is 0 Å². The summed E-state index contributed by atoms with van der Waals surface area (Å²) in [5.41, 5.74) is 2.24. The highest BCUT2D eigenvalue weighted by Crippen LogP contribution is 2.36. The van der Waals surface area contributed by atoms with Crippen LogP contribution in [0.1, 0.15) is 49.8 Å². The molecular weight excluding hydrogens is 250 g/mol. The van der Waals surface area contributed by atoms with Crippen molar-refractivity contribution < 1.29 is 9.53 Å². The molecule has 20 heavy (non-hydrogen) atoms. The second-order valence-electron chi connectivity index (χ2n) is 6.30. The molecule has 1 unspecified atom stereocenters. The topological polar surface area (TPSA) is 38.3 Å². The zero-order chi connectivity index (χ0) is 14.0. The number of aryl methyl sites for hydroxylation is 1. The van der Waals surface area contributed by atoms with E-state index in [4.69, 9.17) is 4.74 Å². The summed E-state index contributed by atoms with van der Waals surface area (Å²) in [4.78, 5) is 12.5. The van der Waals surface area contributed by atoms with Crippen LogP contribution < -0.4 is 5.32 Å². The number of piperidine rings is 1. The molecule has 0 amide bonds. The summed E-state index contributed by atoms with van der Waals surface area (Å²) >= 11 is 0. The first-order chi connectivity index (χ1) is 9.69. The van der Waals surface area contributed by atoms with Crippen molar-refractivity contribution in [3.63, 3.8) is 0 Å². The van der Waals surface area contributed by atoms with Gasteiger partial charge in [0.15, 0.2) is 0 Å². The third kappa shape index (κ3) is 2.59. The highest BCUT2D eigenvalue weighted by atomic mass is 16.5.